The number of nitrogens with one attached hydrogen (secondary N) is 2. The monoisotopic (exact) mass is 652 g/mol. The molecule has 4 aromatic rings. The van der Waals surface area contributed by atoms with Crippen LogP contribution in [-0.2, 0) is 20.2 Å². The van der Waals surface area contributed by atoms with Crippen LogP contribution in [0, 0.1) is 0 Å². The summed E-state index contributed by atoms with van der Waals surface area (Å²) in [5.41, 5.74) is 4.84. The van der Waals surface area contributed by atoms with E-state index < -0.39 is 20.2 Å². The van der Waals surface area contributed by atoms with Crippen LogP contribution >= 0.6 is 23.2 Å². The highest BCUT2D eigenvalue weighted by Gasteiger charge is 2.16. The van der Waals surface area contributed by atoms with Gasteiger partial charge in [-0.1, -0.05) is 108 Å². The molecule has 0 saturated carbocycles. The van der Waals surface area contributed by atoms with Gasteiger partial charge in [-0.05, 0) is 46.5 Å². The van der Waals surface area contributed by atoms with Crippen molar-refractivity contribution in [3.8, 4) is 0 Å². The summed E-state index contributed by atoms with van der Waals surface area (Å²) in [7, 11) is -7.33. The molecule has 2 unspecified atom stereocenters. The predicted molar refractivity (Wildman–Crippen MR) is 170 cm³/mol. The van der Waals surface area contributed by atoms with Crippen LogP contribution in [0.25, 0.3) is 0 Å². The van der Waals surface area contributed by atoms with Crippen LogP contribution in [0.1, 0.15) is 34.3 Å². The van der Waals surface area contributed by atoms with Crippen molar-refractivity contribution >= 4 is 43.4 Å². The minimum atomic E-state index is -3.67. The van der Waals surface area contributed by atoms with Crippen molar-refractivity contribution in [2.24, 2.45) is 0 Å². The maximum Gasteiger partial charge on any atom is 0.261 e. The van der Waals surface area contributed by atoms with Crippen LogP contribution in [0.4, 0.5) is 0 Å². The Labute approximate surface area is 258 Å². The highest BCUT2D eigenvalue weighted by atomic mass is 35.5. The lowest BCUT2D eigenvalue weighted by Crippen LogP contribution is -2.33. The summed E-state index contributed by atoms with van der Waals surface area (Å²) >= 11 is 12.2. The summed E-state index contributed by atoms with van der Waals surface area (Å²) in [6.07, 6.45) is 1.43. The minimum absolute atomic E-state index is 0.0981. The van der Waals surface area contributed by atoms with E-state index in [1.54, 1.807) is 0 Å². The molecule has 0 aromatic heterocycles. The molecule has 2 atom stereocenters. The molecule has 8 nitrogen and oxygen atoms in total. The normalized spacial score (nSPS) is 12.6. The second-order valence-electron chi connectivity index (χ2n) is 9.16. The second kappa shape index (κ2) is 17.3. The highest BCUT2D eigenvalue weighted by Crippen LogP contribution is 2.25. The third kappa shape index (κ3) is 15.4. The zero-order valence-electron chi connectivity index (χ0n) is 23.1. The van der Waals surface area contributed by atoms with Gasteiger partial charge in [-0.2, -0.15) is 16.8 Å². The number of hydrogen-bond acceptors (Lipinski definition) is 6. The molecule has 226 valence electrons. The van der Waals surface area contributed by atoms with Gasteiger partial charge < -0.3 is 10.6 Å². The topological polar surface area (TPSA) is 133 Å². The predicted octanol–water partition coefficient (Wildman–Crippen LogP) is 6.06. The van der Waals surface area contributed by atoms with E-state index in [0.29, 0.717) is 12.5 Å². The van der Waals surface area contributed by atoms with Gasteiger partial charge in [-0.25, -0.2) is 0 Å². The first-order valence-corrected chi connectivity index (χ1v) is 17.1. The molecule has 4 rings (SSSR count). The maximum absolute atomic E-state index is 9.19. The van der Waals surface area contributed by atoms with Gasteiger partial charge in [0.2, 0.25) is 0 Å². The lowest BCUT2D eigenvalue weighted by Gasteiger charge is -2.23. The maximum atomic E-state index is 9.19. The highest BCUT2D eigenvalue weighted by molar-refractivity contribution is 7.85. The zero-order chi connectivity index (χ0) is 31.2. The minimum Gasteiger partial charge on any atom is -0.305 e. The van der Waals surface area contributed by atoms with E-state index in [1.165, 1.54) is 22.3 Å². The van der Waals surface area contributed by atoms with Gasteiger partial charge >= 0.3 is 0 Å². The third-order valence-electron chi connectivity index (χ3n) is 5.49. The van der Waals surface area contributed by atoms with Crippen LogP contribution in [0.2, 0.25) is 10.0 Å². The molecule has 4 N–H and O–H groups in total. The number of hydrogen-bond donors (Lipinski definition) is 4. The first kappa shape index (κ1) is 35.4. The summed E-state index contributed by atoms with van der Waals surface area (Å²) in [5.74, 6) is 0. The van der Waals surface area contributed by atoms with E-state index in [0.717, 1.165) is 23.1 Å². The lowest BCUT2D eigenvalue weighted by molar-refractivity contribution is 0.488. The molecule has 0 heterocycles. The zero-order valence-corrected chi connectivity index (χ0v) is 26.2. The lowest BCUT2D eigenvalue weighted by atomic mass is 9.98. The van der Waals surface area contributed by atoms with Crippen molar-refractivity contribution in [2.75, 3.05) is 25.6 Å². The Balaban J connectivity index is 0.000000533. The molecular weight excluding hydrogens is 619 g/mol. The summed E-state index contributed by atoms with van der Waals surface area (Å²) in [6.45, 7) is 1.61. The third-order valence-corrected chi connectivity index (χ3v) is 6.00. The summed E-state index contributed by atoms with van der Waals surface area (Å²) in [4.78, 5) is 0. The van der Waals surface area contributed by atoms with Crippen molar-refractivity contribution < 1.29 is 25.9 Å². The molecule has 4 aromatic carbocycles. The Hall–Kier alpha value is -2.80. The second-order valence-corrected chi connectivity index (χ2v) is 13.0. The summed E-state index contributed by atoms with van der Waals surface area (Å²) < 4.78 is 51.7. The Kier molecular flexibility index (Phi) is 14.6. The quantitative estimate of drug-likeness (QED) is 0.127. The van der Waals surface area contributed by atoms with E-state index in [1.807, 2.05) is 36.4 Å². The fourth-order valence-corrected chi connectivity index (χ4v) is 4.14. The average Bonchev–Trinajstić information content (AvgIpc) is 2.91. The Morgan fingerprint density at radius 2 is 0.762 bits per heavy atom. The standard InChI is InChI=1S/C28H26Cl2N2.2CH4O3S/c29-25-15-11-23(12-16-25)27(21-7-3-1-4-8-21)31-19-20-32-28(22-9-5-2-6-10-22)24-13-17-26(30)18-14-24;2*1-5(2,3)4/h1-18,27-28,31-32H,19-20H2;2*1H3,(H,2,3,4). The van der Waals surface area contributed by atoms with Gasteiger partial charge in [0, 0.05) is 23.1 Å². The van der Waals surface area contributed by atoms with E-state index in [4.69, 9.17) is 32.3 Å². The largest absolute Gasteiger partial charge is 0.305 e. The number of benzene rings is 4. The van der Waals surface area contributed by atoms with Crippen molar-refractivity contribution in [1.29, 1.82) is 0 Å². The van der Waals surface area contributed by atoms with Crippen LogP contribution in [0.3, 0.4) is 0 Å². The van der Waals surface area contributed by atoms with Gasteiger partial charge in [0.15, 0.2) is 0 Å². The molecule has 0 aliphatic heterocycles. The smallest absolute Gasteiger partial charge is 0.261 e. The molecule has 12 heteroatoms. The van der Waals surface area contributed by atoms with Crippen molar-refractivity contribution in [1.82, 2.24) is 10.6 Å². The molecule has 0 spiro atoms. The molecule has 0 radical (unpaired) electrons. The van der Waals surface area contributed by atoms with Gasteiger partial charge in [-0.15, -0.1) is 0 Å². The van der Waals surface area contributed by atoms with E-state index in [-0.39, 0.29) is 12.1 Å². The Bertz CT molecular complexity index is 1420. The molecule has 0 aliphatic carbocycles. The van der Waals surface area contributed by atoms with E-state index >= 15 is 0 Å². The fourth-order valence-electron chi connectivity index (χ4n) is 3.89. The molecule has 0 amide bonds. The molecule has 0 fully saturated rings. The molecule has 0 aliphatic rings. The first-order valence-electron chi connectivity index (χ1n) is 12.6. The van der Waals surface area contributed by atoms with E-state index in [9.17, 15) is 16.8 Å². The van der Waals surface area contributed by atoms with Crippen molar-refractivity contribution in [3.05, 3.63) is 141 Å². The van der Waals surface area contributed by atoms with Crippen LogP contribution < -0.4 is 10.6 Å². The number of rotatable bonds is 9. The number of halogens is 2. The van der Waals surface area contributed by atoms with Gasteiger partial charge in [0.05, 0.1) is 24.6 Å². The summed E-state index contributed by atoms with van der Waals surface area (Å²) in [5, 5.41) is 8.92. The SMILES string of the molecule is CS(=O)(=O)O.CS(=O)(=O)O.Clc1ccc(C(NCCNC(c2ccccc2)c2ccc(Cl)cc2)c2ccccc2)cc1. The van der Waals surface area contributed by atoms with Gasteiger partial charge in [-0.3, -0.25) is 9.11 Å². The van der Waals surface area contributed by atoms with Crippen molar-refractivity contribution in [2.45, 2.75) is 12.1 Å². The summed E-state index contributed by atoms with van der Waals surface area (Å²) in [6, 6.07) is 37.3. The van der Waals surface area contributed by atoms with Gasteiger partial charge in [0.1, 0.15) is 0 Å². The molecule has 42 heavy (non-hydrogen) atoms. The molecular formula is C30H34Cl2N2O6S2. The fraction of sp³-hybridized carbons (Fsp3) is 0.200. The molecule has 0 saturated heterocycles. The van der Waals surface area contributed by atoms with Gasteiger partial charge in [0.25, 0.3) is 20.2 Å². The van der Waals surface area contributed by atoms with Crippen LogP contribution in [0.15, 0.2) is 109 Å². The Morgan fingerprint density at radius 1 is 0.524 bits per heavy atom. The Morgan fingerprint density at radius 3 is 1.02 bits per heavy atom. The van der Waals surface area contributed by atoms with E-state index in [2.05, 4.69) is 83.4 Å². The average molecular weight is 654 g/mol. The van der Waals surface area contributed by atoms with Crippen molar-refractivity contribution in [3.63, 3.8) is 0 Å². The van der Waals surface area contributed by atoms with Crippen LogP contribution in [0.5, 0.6) is 0 Å². The first-order chi connectivity index (χ1) is 19.7. The molecule has 0 bridgehead atoms. The van der Waals surface area contributed by atoms with Crippen LogP contribution in [-0.4, -0.2) is 51.5 Å².